The third-order valence-corrected chi connectivity index (χ3v) is 5.81. The van der Waals surface area contributed by atoms with Gasteiger partial charge in [0, 0.05) is 17.4 Å². The van der Waals surface area contributed by atoms with E-state index in [0.717, 1.165) is 10.5 Å². The molecular formula is C22H24N2O4S. The molecule has 0 aliphatic carbocycles. The van der Waals surface area contributed by atoms with E-state index >= 15 is 0 Å². The van der Waals surface area contributed by atoms with Crippen molar-refractivity contribution in [1.82, 2.24) is 0 Å². The van der Waals surface area contributed by atoms with Gasteiger partial charge in [0.15, 0.2) is 6.61 Å². The van der Waals surface area contributed by atoms with Gasteiger partial charge in [0.1, 0.15) is 0 Å². The maximum atomic E-state index is 12.8. The molecule has 0 bridgehead atoms. The highest BCUT2D eigenvalue weighted by Gasteiger charge is 2.30. The van der Waals surface area contributed by atoms with Crippen LogP contribution in [0.4, 0.5) is 11.4 Å². The van der Waals surface area contributed by atoms with Crippen LogP contribution in [-0.4, -0.2) is 36.2 Å². The molecular weight excluding hydrogens is 388 g/mol. The summed E-state index contributed by atoms with van der Waals surface area (Å²) in [7, 11) is 0. The zero-order valence-electron chi connectivity index (χ0n) is 16.7. The van der Waals surface area contributed by atoms with E-state index in [2.05, 4.69) is 11.4 Å². The van der Waals surface area contributed by atoms with Gasteiger partial charge in [-0.15, -0.1) is 11.8 Å². The normalized spacial score (nSPS) is 15.9. The van der Waals surface area contributed by atoms with Gasteiger partial charge in [-0.05, 0) is 44.5 Å². The number of amides is 2. The SMILES string of the molecule is Cc1ccc(SCC(=O)OCC(=O)N2c3ccccc3NC(=O)C[C@H]2C)c(C)c1. The van der Waals surface area contributed by atoms with E-state index in [0.29, 0.717) is 11.4 Å². The Morgan fingerprint density at radius 1 is 1.21 bits per heavy atom. The van der Waals surface area contributed by atoms with Crippen molar-refractivity contribution in [3.63, 3.8) is 0 Å². The van der Waals surface area contributed by atoms with Crippen molar-refractivity contribution in [2.45, 2.75) is 38.1 Å². The average Bonchev–Trinajstić information content (AvgIpc) is 2.79. The molecule has 0 saturated carbocycles. The van der Waals surface area contributed by atoms with Gasteiger partial charge in [-0.2, -0.15) is 0 Å². The second kappa shape index (κ2) is 9.13. The molecule has 29 heavy (non-hydrogen) atoms. The van der Waals surface area contributed by atoms with Crippen LogP contribution in [0, 0.1) is 13.8 Å². The highest BCUT2D eigenvalue weighted by atomic mass is 32.2. The van der Waals surface area contributed by atoms with Crippen LogP contribution in [0.5, 0.6) is 0 Å². The number of anilines is 2. The van der Waals surface area contributed by atoms with E-state index in [1.165, 1.54) is 22.2 Å². The zero-order valence-corrected chi connectivity index (χ0v) is 17.5. The molecule has 2 aromatic rings. The number of benzene rings is 2. The summed E-state index contributed by atoms with van der Waals surface area (Å²) < 4.78 is 5.22. The largest absolute Gasteiger partial charge is 0.455 e. The number of nitrogens with one attached hydrogen (secondary N) is 1. The predicted molar refractivity (Wildman–Crippen MR) is 114 cm³/mol. The number of esters is 1. The fraction of sp³-hybridized carbons (Fsp3) is 0.318. The first-order chi connectivity index (χ1) is 13.8. The molecule has 0 radical (unpaired) electrons. The number of hydrogen-bond acceptors (Lipinski definition) is 5. The lowest BCUT2D eigenvalue weighted by atomic mass is 10.1. The van der Waals surface area contributed by atoms with Crippen molar-refractivity contribution in [2.24, 2.45) is 0 Å². The fourth-order valence-electron chi connectivity index (χ4n) is 3.32. The molecule has 1 N–H and O–H groups in total. The second-order valence-corrected chi connectivity index (χ2v) is 8.12. The summed E-state index contributed by atoms with van der Waals surface area (Å²) in [5.41, 5.74) is 3.45. The number of aryl methyl sites for hydroxylation is 2. The third kappa shape index (κ3) is 5.17. The number of carbonyl (C=O) groups excluding carboxylic acids is 3. The predicted octanol–water partition coefficient (Wildman–Crippen LogP) is 3.70. The number of nitrogens with zero attached hydrogens (tertiary/aromatic N) is 1. The van der Waals surface area contributed by atoms with E-state index in [4.69, 9.17) is 4.74 Å². The molecule has 1 aliphatic rings. The smallest absolute Gasteiger partial charge is 0.316 e. The van der Waals surface area contributed by atoms with Gasteiger partial charge in [-0.25, -0.2) is 0 Å². The van der Waals surface area contributed by atoms with Gasteiger partial charge in [0.25, 0.3) is 5.91 Å². The summed E-state index contributed by atoms with van der Waals surface area (Å²) in [4.78, 5) is 39.5. The molecule has 0 fully saturated rings. The molecule has 6 nitrogen and oxygen atoms in total. The first-order valence-corrected chi connectivity index (χ1v) is 10.4. The molecule has 1 heterocycles. The summed E-state index contributed by atoms with van der Waals surface area (Å²) in [6.07, 6.45) is 0.177. The topological polar surface area (TPSA) is 75.7 Å². The lowest BCUT2D eigenvalue weighted by molar-refractivity contribution is -0.145. The minimum absolute atomic E-state index is 0.128. The van der Waals surface area contributed by atoms with Crippen LogP contribution in [0.3, 0.4) is 0 Å². The highest BCUT2D eigenvalue weighted by Crippen LogP contribution is 2.31. The monoisotopic (exact) mass is 412 g/mol. The number of carbonyl (C=O) groups is 3. The average molecular weight is 413 g/mol. The maximum Gasteiger partial charge on any atom is 0.316 e. The molecule has 3 rings (SSSR count). The van der Waals surface area contributed by atoms with Gasteiger partial charge >= 0.3 is 5.97 Å². The van der Waals surface area contributed by atoms with Crippen LogP contribution in [0.2, 0.25) is 0 Å². The summed E-state index contributed by atoms with van der Waals surface area (Å²) >= 11 is 1.39. The number of fused-ring (bicyclic) bond motifs is 1. The molecule has 7 heteroatoms. The summed E-state index contributed by atoms with van der Waals surface area (Å²) in [6, 6.07) is 12.8. The number of rotatable bonds is 5. The molecule has 0 spiro atoms. The van der Waals surface area contributed by atoms with Crippen LogP contribution in [0.25, 0.3) is 0 Å². The number of hydrogen-bond donors (Lipinski definition) is 1. The Labute approximate surface area is 174 Å². The van der Waals surface area contributed by atoms with Crippen molar-refractivity contribution in [3.8, 4) is 0 Å². The minimum Gasteiger partial charge on any atom is -0.455 e. The summed E-state index contributed by atoms with van der Waals surface area (Å²) in [5, 5.41) is 2.81. The van der Waals surface area contributed by atoms with Crippen LogP contribution < -0.4 is 10.2 Å². The van der Waals surface area contributed by atoms with Gasteiger partial charge in [-0.3, -0.25) is 14.4 Å². The Hall–Kier alpha value is -2.80. The third-order valence-electron chi connectivity index (χ3n) is 4.66. The van der Waals surface area contributed by atoms with Crippen LogP contribution in [-0.2, 0) is 19.1 Å². The van der Waals surface area contributed by atoms with E-state index in [1.54, 1.807) is 31.2 Å². The fourth-order valence-corrected chi connectivity index (χ4v) is 4.13. The Morgan fingerprint density at radius 2 is 1.97 bits per heavy atom. The van der Waals surface area contributed by atoms with E-state index < -0.39 is 5.97 Å². The van der Waals surface area contributed by atoms with Gasteiger partial charge in [0.2, 0.25) is 5.91 Å². The molecule has 152 valence electrons. The second-order valence-electron chi connectivity index (χ2n) is 7.10. The van der Waals surface area contributed by atoms with Crippen LogP contribution >= 0.6 is 11.8 Å². The van der Waals surface area contributed by atoms with E-state index in [9.17, 15) is 14.4 Å². The van der Waals surface area contributed by atoms with Gasteiger partial charge < -0.3 is 15.0 Å². The molecule has 0 saturated heterocycles. The molecule has 1 aliphatic heterocycles. The van der Waals surface area contributed by atoms with Crippen molar-refractivity contribution in [2.75, 3.05) is 22.6 Å². The van der Waals surface area contributed by atoms with E-state index in [1.807, 2.05) is 26.0 Å². The lowest BCUT2D eigenvalue weighted by Crippen LogP contribution is -2.41. The number of ether oxygens (including phenoxy) is 1. The number of thioether (sulfide) groups is 1. The Morgan fingerprint density at radius 3 is 2.72 bits per heavy atom. The van der Waals surface area contributed by atoms with Crippen molar-refractivity contribution < 1.29 is 19.1 Å². The van der Waals surface area contributed by atoms with Gasteiger partial charge in [-0.1, -0.05) is 29.8 Å². The maximum absolute atomic E-state index is 12.8. The summed E-state index contributed by atoms with van der Waals surface area (Å²) in [6.45, 7) is 5.46. The van der Waals surface area contributed by atoms with Crippen molar-refractivity contribution >= 4 is 40.9 Å². The Bertz CT molecular complexity index is 944. The van der Waals surface area contributed by atoms with E-state index in [-0.39, 0.29) is 36.6 Å². The molecule has 1 atom stereocenters. The van der Waals surface area contributed by atoms with Crippen molar-refractivity contribution in [3.05, 3.63) is 53.6 Å². The highest BCUT2D eigenvalue weighted by molar-refractivity contribution is 8.00. The summed E-state index contributed by atoms with van der Waals surface area (Å²) in [5.74, 6) is -0.828. The first kappa shape index (κ1) is 20.9. The lowest BCUT2D eigenvalue weighted by Gasteiger charge is -2.27. The van der Waals surface area contributed by atoms with Crippen molar-refractivity contribution in [1.29, 1.82) is 0 Å². The zero-order chi connectivity index (χ0) is 21.0. The minimum atomic E-state index is -0.451. The van der Waals surface area contributed by atoms with Crippen LogP contribution in [0.15, 0.2) is 47.4 Å². The van der Waals surface area contributed by atoms with Crippen LogP contribution in [0.1, 0.15) is 24.5 Å². The first-order valence-electron chi connectivity index (χ1n) is 9.42. The standard InChI is InChI=1S/C22H24N2O4S/c1-14-8-9-19(15(2)10-14)29-13-22(27)28-12-21(26)24-16(3)11-20(25)23-17-6-4-5-7-18(17)24/h4-10,16H,11-13H2,1-3H3,(H,23,25)/t16-/m1/s1. The molecule has 2 amide bonds. The number of para-hydroxylation sites is 2. The molecule has 0 aromatic heterocycles. The molecule has 2 aromatic carbocycles. The molecule has 0 unspecified atom stereocenters. The van der Waals surface area contributed by atoms with Gasteiger partial charge in [0.05, 0.1) is 17.1 Å². The quantitative estimate of drug-likeness (QED) is 0.599. The Balaban J connectivity index is 1.61. The Kier molecular flexibility index (Phi) is 6.59.